The van der Waals surface area contributed by atoms with Crippen LogP contribution < -0.4 is 4.74 Å². The van der Waals surface area contributed by atoms with Crippen LogP contribution in [0.3, 0.4) is 0 Å². The lowest BCUT2D eigenvalue weighted by Gasteiger charge is -2.32. The number of esters is 1. The van der Waals surface area contributed by atoms with Crippen LogP contribution in [0.1, 0.15) is 41.9 Å². The van der Waals surface area contributed by atoms with E-state index in [2.05, 4.69) is 9.97 Å². The highest BCUT2D eigenvalue weighted by Gasteiger charge is 2.33. The second-order valence-corrected chi connectivity index (χ2v) is 13.1. The van der Waals surface area contributed by atoms with E-state index in [0.29, 0.717) is 35.5 Å². The van der Waals surface area contributed by atoms with Crippen molar-refractivity contribution in [3.05, 3.63) is 94.7 Å². The molecule has 5 aromatic rings. The molecule has 3 heterocycles. The summed E-state index contributed by atoms with van der Waals surface area (Å²) in [5.74, 6) is -2.80. The zero-order chi connectivity index (χ0) is 32.7. The van der Waals surface area contributed by atoms with Gasteiger partial charge in [-0.3, -0.25) is 9.69 Å². The number of aryl methyl sites for hydroxylation is 1. The second kappa shape index (κ2) is 12.3. The average Bonchev–Trinajstić information content (AvgIpc) is 3.64. The molecule has 0 amide bonds. The average molecular weight is 653 g/mol. The summed E-state index contributed by atoms with van der Waals surface area (Å²) in [7, 11) is -2.09. The minimum Gasteiger partial charge on any atom is -0.466 e. The van der Waals surface area contributed by atoms with Crippen molar-refractivity contribution < 1.29 is 35.9 Å². The molecule has 240 valence electrons. The number of hydrogen-bond donors (Lipinski definition) is 2. The van der Waals surface area contributed by atoms with Crippen molar-refractivity contribution in [2.24, 2.45) is 0 Å². The fourth-order valence-electron chi connectivity index (χ4n) is 5.90. The highest BCUT2D eigenvalue weighted by atomic mass is 32.2. The molecule has 0 radical (unpaired) electrons. The van der Waals surface area contributed by atoms with Crippen LogP contribution in [0.4, 0.5) is 13.2 Å². The van der Waals surface area contributed by atoms with Gasteiger partial charge < -0.3 is 19.4 Å². The van der Waals surface area contributed by atoms with Crippen molar-refractivity contribution in [1.82, 2.24) is 19.9 Å². The summed E-state index contributed by atoms with van der Waals surface area (Å²) in [6.07, 6.45) is 3.20. The first-order valence-corrected chi connectivity index (χ1v) is 16.5. The lowest BCUT2D eigenvalue weighted by atomic mass is 9.93. The molecule has 1 aliphatic rings. The number of aromatic amines is 2. The van der Waals surface area contributed by atoms with Gasteiger partial charge in [0.05, 0.1) is 23.9 Å². The lowest BCUT2D eigenvalue weighted by molar-refractivity contribution is -0.143. The van der Waals surface area contributed by atoms with E-state index in [0.717, 1.165) is 18.4 Å². The number of halogens is 3. The third-order valence-corrected chi connectivity index (χ3v) is 9.18. The van der Waals surface area contributed by atoms with E-state index >= 15 is 13.2 Å². The monoisotopic (exact) mass is 652 g/mol. The van der Waals surface area contributed by atoms with Gasteiger partial charge >= 0.3 is 5.97 Å². The molecule has 0 saturated carbocycles. The maximum absolute atomic E-state index is 15.9. The zero-order valence-corrected chi connectivity index (χ0v) is 26.1. The molecule has 2 aromatic heterocycles. The number of ether oxygens (including phenoxy) is 2. The molecule has 1 aliphatic heterocycles. The van der Waals surface area contributed by atoms with E-state index in [9.17, 15) is 13.2 Å². The Morgan fingerprint density at radius 3 is 2.67 bits per heavy atom. The van der Waals surface area contributed by atoms with E-state index in [1.807, 2.05) is 11.9 Å². The molecule has 0 aliphatic carbocycles. The van der Waals surface area contributed by atoms with Gasteiger partial charge in [0, 0.05) is 60.1 Å². The summed E-state index contributed by atoms with van der Waals surface area (Å²) < 4.78 is 82.5. The third kappa shape index (κ3) is 5.87. The van der Waals surface area contributed by atoms with Crippen LogP contribution in [-0.2, 0) is 32.2 Å². The molecule has 0 saturated heterocycles. The summed E-state index contributed by atoms with van der Waals surface area (Å²) in [5.41, 5.74) is 2.23. The Kier molecular flexibility index (Phi) is 8.38. The minimum absolute atomic E-state index is 0.000925. The van der Waals surface area contributed by atoms with Gasteiger partial charge in [-0.1, -0.05) is 18.2 Å². The van der Waals surface area contributed by atoms with Gasteiger partial charge in [-0.15, -0.1) is 0 Å². The van der Waals surface area contributed by atoms with Crippen molar-refractivity contribution in [2.45, 2.75) is 37.1 Å². The molecular formula is C33H31F3N4O5S. The summed E-state index contributed by atoms with van der Waals surface area (Å²) >= 11 is 0. The number of nitrogens with zero attached hydrogens (tertiary/aromatic N) is 2. The highest BCUT2D eigenvalue weighted by molar-refractivity contribution is 7.91. The second-order valence-electron chi connectivity index (χ2n) is 11.2. The van der Waals surface area contributed by atoms with Crippen LogP contribution >= 0.6 is 0 Å². The Morgan fingerprint density at radius 2 is 1.91 bits per heavy atom. The number of aromatic nitrogens is 3. The largest absolute Gasteiger partial charge is 0.466 e. The van der Waals surface area contributed by atoms with Gasteiger partial charge in [0.1, 0.15) is 28.1 Å². The SMILES string of the molecule is CCOC(=O)CCc1cccc(C2c3nc(-c4cc(Oc5c(F)cc6[nH]ccc6c5S(C)(=O)=O)ccc4F)[nH]c3CCN2C)c1F. The highest BCUT2D eigenvalue weighted by Crippen LogP contribution is 2.40. The normalized spacial score (nSPS) is 15.2. The van der Waals surface area contributed by atoms with Gasteiger partial charge in [-0.05, 0) is 50.2 Å². The number of sulfone groups is 1. The van der Waals surface area contributed by atoms with Gasteiger partial charge in [-0.2, -0.15) is 0 Å². The number of carbonyl (C=O) groups is 1. The number of likely N-dealkylation sites (N-methyl/N-ethyl adjacent to an activating group) is 1. The van der Waals surface area contributed by atoms with E-state index in [1.165, 1.54) is 24.4 Å². The number of benzene rings is 3. The number of rotatable bonds is 9. The van der Waals surface area contributed by atoms with Crippen molar-refractivity contribution >= 4 is 26.7 Å². The molecule has 46 heavy (non-hydrogen) atoms. The third-order valence-electron chi connectivity index (χ3n) is 8.03. The van der Waals surface area contributed by atoms with Gasteiger partial charge in [-0.25, -0.2) is 26.6 Å². The van der Waals surface area contributed by atoms with Crippen LogP contribution in [0.15, 0.2) is 59.6 Å². The minimum atomic E-state index is -3.94. The number of hydrogen-bond acceptors (Lipinski definition) is 7. The topological polar surface area (TPSA) is 117 Å². The molecule has 0 spiro atoms. The summed E-state index contributed by atoms with van der Waals surface area (Å²) in [4.78, 5) is 24.2. The first-order valence-electron chi connectivity index (χ1n) is 14.7. The van der Waals surface area contributed by atoms with Gasteiger partial charge in [0.15, 0.2) is 21.4 Å². The Balaban J connectivity index is 1.36. The molecule has 0 fully saturated rings. The Bertz CT molecular complexity index is 2080. The molecule has 1 atom stereocenters. The van der Waals surface area contributed by atoms with E-state index in [4.69, 9.17) is 14.5 Å². The van der Waals surface area contributed by atoms with Crippen LogP contribution in [0.5, 0.6) is 11.5 Å². The number of carbonyl (C=O) groups excluding carboxylic acids is 1. The molecule has 13 heteroatoms. The van der Waals surface area contributed by atoms with Gasteiger partial charge in [0.25, 0.3) is 0 Å². The van der Waals surface area contributed by atoms with Crippen LogP contribution in [0, 0.1) is 17.5 Å². The predicted molar refractivity (Wildman–Crippen MR) is 165 cm³/mol. The Hall–Kier alpha value is -4.62. The Morgan fingerprint density at radius 1 is 1.11 bits per heavy atom. The molecule has 6 rings (SSSR count). The van der Waals surface area contributed by atoms with Crippen molar-refractivity contribution in [2.75, 3.05) is 26.5 Å². The standard InChI is InChI=1S/C33H31F3N4O5S/c1-4-44-27(41)11-8-18-6-5-7-21(28(18)36)30-29-25(13-15-40(30)2)38-33(39-29)22-16-19(9-10-23(22)34)45-31-24(35)17-26-20(12-14-37-26)32(31)46(3,42)43/h5-7,9-10,12,14,16-17,30,37H,4,8,11,13,15H2,1-3H3,(H,38,39). The van der Waals surface area contributed by atoms with Crippen LogP contribution in [0.2, 0.25) is 0 Å². The fourth-order valence-corrected chi connectivity index (χ4v) is 6.96. The summed E-state index contributed by atoms with van der Waals surface area (Å²) in [6, 6.07) is 10.8. The van der Waals surface area contributed by atoms with E-state index in [1.54, 1.807) is 25.1 Å². The summed E-state index contributed by atoms with van der Waals surface area (Å²) in [6.45, 7) is 2.52. The van der Waals surface area contributed by atoms with Crippen molar-refractivity contribution in [3.8, 4) is 22.9 Å². The molecule has 1 unspecified atom stereocenters. The predicted octanol–water partition coefficient (Wildman–Crippen LogP) is 6.24. The van der Waals surface area contributed by atoms with Gasteiger partial charge in [0.2, 0.25) is 0 Å². The number of imidazole rings is 1. The molecule has 2 N–H and O–H groups in total. The lowest BCUT2D eigenvalue weighted by Crippen LogP contribution is -2.33. The molecular weight excluding hydrogens is 621 g/mol. The molecule has 0 bridgehead atoms. The first-order chi connectivity index (χ1) is 22.0. The molecule has 3 aromatic carbocycles. The Labute approximate surface area is 263 Å². The zero-order valence-electron chi connectivity index (χ0n) is 25.3. The fraction of sp³-hybridized carbons (Fsp3) is 0.273. The van der Waals surface area contributed by atoms with Crippen LogP contribution in [0.25, 0.3) is 22.3 Å². The maximum Gasteiger partial charge on any atom is 0.306 e. The van der Waals surface area contributed by atoms with E-state index in [-0.39, 0.29) is 52.4 Å². The van der Waals surface area contributed by atoms with Crippen molar-refractivity contribution in [3.63, 3.8) is 0 Å². The maximum atomic E-state index is 15.9. The smallest absolute Gasteiger partial charge is 0.306 e. The first kappa shape index (κ1) is 31.4. The number of nitrogens with one attached hydrogen (secondary N) is 2. The number of fused-ring (bicyclic) bond motifs is 2. The summed E-state index contributed by atoms with van der Waals surface area (Å²) in [5, 5.41) is 0.257. The van der Waals surface area contributed by atoms with E-state index < -0.39 is 45.0 Å². The quantitative estimate of drug-likeness (QED) is 0.181. The van der Waals surface area contributed by atoms with Crippen molar-refractivity contribution in [1.29, 1.82) is 0 Å². The molecule has 9 nitrogen and oxygen atoms in total. The van der Waals surface area contributed by atoms with Crippen LogP contribution in [-0.4, -0.2) is 60.7 Å². The number of H-pyrrole nitrogens is 2.